The Labute approximate surface area is 285 Å². The highest BCUT2D eigenvalue weighted by Gasteiger charge is 2.35. The number of nitrogens with one attached hydrogen (secondary N) is 1. The molecule has 1 fully saturated rings. The first kappa shape index (κ1) is 33.8. The lowest BCUT2D eigenvalue weighted by Gasteiger charge is -2.34. The minimum Gasteiger partial charge on any atom is -0.352 e. The van der Waals surface area contributed by atoms with Crippen molar-refractivity contribution in [2.75, 3.05) is 10.8 Å². The van der Waals surface area contributed by atoms with E-state index in [9.17, 15) is 18.0 Å². The Morgan fingerprint density at radius 3 is 1.96 bits per heavy atom. The first-order valence-corrected chi connectivity index (χ1v) is 17.6. The minimum atomic E-state index is -4.27. The normalized spacial score (nSPS) is 14.1. The molecule has 0 heterocycles. The molecular weight excluding hydrogens is 665 g/mol. The summed E-state index contributed by atoms with van der Waals surface area (Å²) in [7, 11) is -4.27. The van der Waals surface area contributed by atoms with Gasteiger partial charge in [-0.25, -0.2) is 8.42 Å². The van der Waals surface area contributed by atoms with Crippen LogP contribution in [0.3, 0.4) is 0 Å². The van der Waals surface area contributed by atoms with Gasteiger partial charge in [0.25, 0.3) is 10.0 Å². The van der Waals surface area contributed by atoms with E-state index < -0.39 is 28.5 Å². The number of anilines is 1. The topological polar surface area (TPSA) is 86.8 Å². The third-order valence-corrected chi connectivity index (χ3v) is 10.5. The van der Waals surface area contributed by atoms with Gasteiger partial charge in [-0.05, 0) is 66.4 Å². The Bertz CT molecular complexity index is 1730. The van der Waals surface area contributed by atoms with Gasteiger partial charge in [-0.15, -0.1) is 0 Å². The number of hydrogen-bond acceptors (Lipinski definition) is 4. The number of nitrogens with zero attached hydrogens (tertiary/aromatic N) is 2. The van der Waals surface area contributed by atoms with Gasteiger partial charge in [-0.1, -0.05) is 108 Å². The van der Waals surface area contributed by atoms with Crippen molar-refractivity contribution in [3.05, 3.63) is 129 Å². The molecule has 1 atom stereocenters. The SMILES string of the molecule is O=C(NC1CCCC1)[C@@H](Cc1ccccc1)N(Cc1ccc(Cl)cc1)C(=O)CN(c1cc(Cl)cc(Cl)c1)S(=O)(=O)c1ccccc1. The van der Waals surface area contributed by atoms with Crippen LogP contribution in [-0.4, -0.2) is 43.8 Å². The van der Waals surface area contributed by atoms with E-state index in [2.05, 4.69) is 5.32 Å². The first-order valence-electron chi connectivity index (χ1n) is 15.0. The molecule has 1 aliphatic carbocycles. The van der Waals surface area contributed by atoms with E-state index in [0.717, 1.165) is 41.1 Å². The summed E-state index contributed by atoms with van der Waals surface area (Å²) in [5, 5.41) is 4.11. The fourth-order valence-electron chi connectivity index (χ4n) is 5.64. The maximum atomic E-state index is 14.6. The van der Waals surface area contributed by atoms with Crippen LogP contribution in [0.1, 0.15) is 36.8 Å². The second-order valence-electron chi connectivity index (χ2n) is 11.3. The van der Waals surface area contributed by atoms with Crippen LogP contribution in [0.4, 0.5) is 5.69 Å². The Kier molecular flexibility index (Phi) is 11.3. The molecule has 4 aromatic rings. The van der Waals surface area contributed by atoms with Crippen molar-refractivity contribution in [2.24, 2.45) is 0 Å². The molecule has 5 rings (SSSR count). The lowest BCUT2D eigenvalue weighted by molar-refractivity contribution is -0.140. The van der Waals surface area contributed by atoms with Crippen LogP contribution in [-0.2, 0) is 32.6 Å². The zero-order valence-corrected chi connectivity index (χ0v) is 28.1. The summed E-state index contributed by atoms with van der Waals surface area (Å²) in [6.45, 7) is -0.565. The fourth-order valence-corrected chi connectivity index (χ4v) is 7.70. The van der Waals surface area contributed by atoms with E-state index in [1.54, 1.807) is 42.5 Å². The molecule has 240 valence electrons. The predicted octanol–water partition coefficient (Wildman–Crippen LogP) is 7.54. The van der Waals surface area contributed by atoms with E-state index in [1.807, 2.05) is 30.3 Å². The van der Waals surface area contributed by atoms with E-state index in [0.29, 0.717) is 5.02 Å². The Morgan fingerprint density at radius 1 is 0.761 bits per heavy atom. The molecule has 4 aromatic carbocycles. The second kappa shape index (κ2) is 15.4. The van der Waals surface area contributed by atoms with Crippen LogP contribution >= 0.6 is 34.8 Å². The summed E-state index contributed by atoms with van der Waals surface area (Å²) in [6.07, 6.45) is 4.01. The van der Waals surface area contributed by atoms with Gasteiger partial charge in [-0.2, -0.15) is 0 Å². The van der Waals surface area contributed by atoms with Crippen molar-refractivity contribution in [1.82, 2.24) is 10.2 Å². The van der Waals surface area contributed by atoms with Crippen LogP contribution in [0.2, 0.25) is 15.1 Å². The second-order valence-corrected chi connectivity index (χ2v) is 14.5. The van der Waals surface area contributed by atoms with Crippen molar-refractivity contribution in [1.29, 1.82) is 0 Å². The molecule has 1 N–H and O–H groups in total. The highest BCUT2D eigenvalue weighted by Crippen LogP contribution is 2.30. The summed E-state index contributed by atoms with van der Waals surface area (Å²) in [6, 6.07) is 27.7. The molecule has 46 heavy (non-hydrogen) atoms. The van der Waals surface area contributed by atoms with Gasteiger partial charge in [0.15, 0.2) is 0 Å². The average molecular weight is 699 g/mol. The smallest absolute Gasteiger partial charge is 0.264 e. The average Bonchev–Trinajstić information content (AvgIpc) is 3.55. The summed E-state index contributed by atoms with van der Waals surface area (Å²) in [4.78, 5) is 30.1. The zero-order valence-electron chi connectivity index (χ0n) is 25.0. The van der Waals surface area contributed by atoms with Crippen molar-refractivity contribution >= 4 is 62.3 Å². The molecule has 0 unspecified atom stereocenters. The van der Waals surface area contributed by atoms with Crippen molar-refractivity contribution in [2.45, 2.75) is 55.6 Å². The summed E-state index contributed by atoms with van der Waals surface area (Å²) in [5.74, 6) is -0.866. The number of rotatable bonds is 12. The molecule has 7 nitrogen and oxygen atoms in total. The van der Waals surface area contributed by atoms with E-state index >= 15 is 0 Å². The van der Waals surface area contributed by atoms with Crippen molar-refractivity contribution in [3.63, 3.8) is 0 Å². The largest absolute Gasteiger partial charge is 0.352 e. The van der Waals surface area contributed by atoms with Gasteiger partial charge >= 0.3 is 0 Å². The number of benzene rings is 4. The van der Waals surface area contributed by atoms with Crippen LogP contribution in [0.5, 0.6) is 0 Å². The molecule has 1 saturated carbocycles. The third-order valence-electron chi connectivity index (χ3n) is 7.98. The van der Waals surface area contributed by atoms with Gasteiger partial charge in [-0.3, -0.25) is 13.9 Å². The number of amides is 2. The van der Waals surface area contributed by atoms with Crippen LogP contribution < -0.4 is 9.62 Å². The Morgan fingerprint density at radius 2 is 1.35 bits per heavy atom. The predicted molar refractivity (Wildman–Crippen MR) is 184 cm³/mol. The minimum absolute atomic E-state index is 0.0111. The Balaban J connectivity index is 1.57. The fraction of sp³-hybridized carbons (Fsp3) is 0.257. The van der Waals surface area contributed by atoms with Gasteiger partial charge < -0.3 is 10.2 Å². The number of sulfonamides is 1. The lowest BCUT2D eigenvalue weighted by Crippen LogP contribution is -2.54. The van der Waals surface area contributed by atoms with Gasteiger partial charge in [0.05, 0.1) is 10.6 Å². The highest BCUT2D eigenvalue weighted by molar-refractivity contribution is 7.92. The zero-order chi connectivity index (χ0) is 32.7. The summed E-state index contributed by atoms with van der Waals surface area (Å²) >= 11 is 18.8. The maximum Gasteiger partial charge on any atom is 0.264 e. The van der Waals surface area contributed by atoms with Gasteiger partial charge in [0.2, 0.25) is 11.8 Å². The molecular formula is C35H34Cl3N3O4S. The standard InChI is InChI=1S/C35H34Cl3N3O4S/c36-27-17-15-26(16-18-27)23-40(33(19-25-9-3-1-4-10-25)35(43)39-30-11-7-8-12-30)34(42)24-41(31-21-28(37)20-29(38)22-31)46(44,45)32-13-5-2-6-14-32/h1-6,9-10,13-18,20-22,30,33H,7-8,11-12,19,23-24H2,(H,39,43)/t33-/m1/s1. The Hall–Kier alpha value is -3.56. The van der Waals surface area contributed by atoms with Crippen molar-refractivity contribution in [3.8, 4) is 0 Å². The molecule has 0 radical (unpaired) electrons. The third kappa shape index (κ3) is 8.62. The first-order chi connectivity index (χ1) is 22.1. The molecule has 2 amide bonds. The van der Waals surface area contributed by atoms with Gasteiger partial charge in [0, 0.05) is 34.1 Å². The summed E-state index contributed by atoms with van der Waals surface area (Å²) in [5.41, 5.74) is 1.71. The van der Waals surface area contributed by atoms with Crippen LogP contribution in [0.25, 0.3) is 0 Å². The molecule has 1 aliphatic rings. The van der Waals surface area contributed by atoms with Crippen LogP contribution in [0, 0.1) is 0 Å². The lowest BCUT2D eigenvalue weighted by atomic mass is 10.0. The number of halogens is 3. The van der Waals surface area contributed by atoms with E-state index in [4.69, 9.17) is 34.8 Å². The molecule has 0 spiro atoms. The van der Waals surface area contributed by atoms with E-state index in [1.165, 1.54) is 35.2 Å². The van der Waals surface area contributed by atoms with Gasteiger partial charge in [0.1, 0.15) is 12.6 Å². The molecule has 0 aromatic heterocycles. The van der Waals surface area contributed by atoms with E-state index in [-0.39, 0.29) is 45.5 Å². The van der Waals surface area contributed by atoms with Crippen molar-refractivity contribution < 1.29 is 18.0 Å². The molecule has 0 aliphatic heterocycles. The maximum absolute atomic E-state index is 14.6. The quantitative estimate of drug-likeness (QED) is 0.166. The number of carbonyl (C=O) groups excluding carboxylic acids is 2. The molecule has 0 saturated heterocycles. The highest BCUT2D eigenvalue weighted by atomic mass is 35.5. The number of carbonyl (C=O) groups is 2. The van der Waals surface area contributed by atoms with Crippen LogP contribution in [0.15, 0.2) is 108 Å². The summed E-state index contributed by atoms with van der Waals surface area (Å²) < 4.78 is 29.2. The number of hydrogen-bond donors (Lipinski definition) is 1. The monoisotopic (exact) mass is 697 g/mol. The molecule has 11 heteroatoms. The molecule has 0 bridgehead atoms.